The zero-order chi connectivity index (χ0) is 17.2. The highest BCUT2D eigenvalue weighted by Gasteiger charge is 2.10. The van der Waals surface area contributed by atoms with Gasteiger partial charge in [0.2, 0.25) is 0 Å². The molecule has 0 saturated carbocycles. The second-order valence-electron chi connectivity index (χ2n) is 5.60. The van der Waals surface area contributed by atoms with Gasteiger partial charge in [0.1, 0.15) is 12.2 Å². The number of nitrogens with zero attached hydrogens (tertiary/aromatic N) is 4. The summed E-state index contributed by atoms with van der Waals surface area (Å²) in [4.78, 5) is 14.1. The van der Waals surface area contributed by atoms with E-state index in [1.165, 1.54) is 0 Å². The van der Waals surface area contributed by atoms with Crippen molar-refractivity contribution < 1.29 is 4.79 Å². The Bertz CT molecular complexity index is 650. The van der Waals surface area contributed by atoms with Crippen molar-refractivity contribution in [2.45, 2.75) is 19.8 Å². The lowest BCUT2D eigenvalue weighted by Crippen LogP contribution is -2.41. The lowest BCUT2D eigenvalue weighted by atomic mass is 10.2. The minimum absolute atomic E-state index is 0.0447. The van der Waals surface area contributed by atoms with E-state index in [-0.39, 0.29) is 6.03 Å². The van der Waals surface area contributed by atoms with Crippen LogP contribution >= 0.6 is 0 Å². The first kappa shape index (κ1) is 17.7. The number of urea groups is 1. The lowest BCUT2D eigenvalue weighted by molar-refractivity contribution is 0.203. The number of aryl methyl sites for hydroxylation is 1. The van der Waals surface area contributed by atoms with E-state index in [0.717, 1.165) is 24.4 Å². The summed E-state index contributed by atoms with van der Waals surface area (Å²) in [5, 5.41) is 10.8. The van der Waals surface area contributed by atoms with Gasteiger partial charge >= 0.3 is 6.03 Å². The molecule has 2 aromatic rings. The van der Waals surface area contributed by atoms with E-state index >= 15 is 0 Å². The molecule has 6 nitrogen and oxygen atoms in total. The molecule has 2 amide bonds. The van der Waals surface area contributed by atoms with Crippen LogP contribution in [0.3, 0.4) is 0 Å². The smallest absolute Gasteiger partial charge is 0.317 e. The Morgan fingerprint density at radius 3 is 2.79 bits per heavy atom. The average Bonchev–Trinajstić information content (AvgIpc) is 3.00. The molecule has 2 rings (SSSR count). The molecule has 6 heteroatoms. The topological polar surface area (TPSA) is 63.1 Å². The molecule has 0 aliphatic heterocycles. The van der Waals surface area contributed by atoms with Gasteiger partial charge in [-0.1, -0.05) is 49.4 Å². The number of hydrogen-bond acceptors (Lipinski definition) is 3. The van der Waals surface area contributed by atoms with Crippen molar-refractivity contribution in [2.75, 3.05) is 19.6 Å². The van der Waals surface area contributed by atoms with Crippen LogP contribution in [0, 0.1) is 0 Å². The summed E-state index contributed by atoms with van der Waals surface area (Å²) >= 11 is 0. The van der Waals surface area contributed by atoms with Gasteiger partial charge in [0, 0.05) is 33.1 Å². The molecule has 1 aromatic heterocycles. The number of hydrogen-bond donors (Lipinski definition) is 1. The Morgan fingerprint density at radius 1 is 1.33 bits per heavy atom. The molecule has 24 heavy (non-hydrogen) atoms. The maximum atomic E-state index is 12.3. The predicted octanol–water partition coefficient (Wildman–Crippen LogP) is 2.49. The van der Waals surface area contributed by atoms with Crippen LogP contribution in [0.4, 0.5) is 4.79 Å². The van der Waals surface area contributed by atoms with Crippen LogP contribution in [0.25, 0.3) is 6.08 Å². The normalized spacial score (nSPS) is 10.9. The van der Waals surface area contributed by atoms with Crippen LogP contribution in [-0.4, -0.2) is 45.3 Å². The molecule has 0 spiro atoms. The van der Waals surface area contributed by atoms with Crippen LogP contribution in [0.2, 0.25) is 0 Å². The standard InChI is InChI=1S/C18H25N5O/c1-3-13-23(14-7-10-16-8-5-4-6-9-16)18(24)19-12-11-17-21-20-15-22(17)2/h4-10,15H,3,11-14H2,1-2H3,(H,19,24)/b10-7+. The molecule has 0 aliphatic rings. The van der Waals surface area contributed by atoms with Gasteiger partial charge in [-0.3, -0.25) is 0 Å². The quantitative estimate of drug-likeness (QED) is 0.810. The SMILES string of the molecule is CCCN(C/C=C/c1ccccc1)C(=O)NCCc1nncn1C. The zero-order valence-electron chi connectivity index (χ0n) is 14.4. The fourth-order valence-corrected chi connectivity index (χ4v) is 2.35. The summed E-state index contributed by atoms with van der Waals surface area (Å²) in [5.74, 6) is 0.862. The summed E-state index contributed by atoms with van der Waals surface area (Å²) in [6.07, 6.45) is 7.32. The Hall–Kier alpha value is -2.63. The van der Waals surface area contributed by atoms with Crippen molar-refractivity contribution >= 4 is 12.1 Å². The highest BCUT2D eigenvalue weighted by Crippen LogP contribution is 2.02. The monoisotopic (exact) mass is 327 g/mol. The third-order valence-electron chi connectivity index (χ3n) is 3.65. The van der Waals surface area contributed by atoms with E-state index in [0.29, 0.717) is 19.5 Å². The molecule has 0 saturated heterocycles. The lowest BCUT2D eigenvalue weighted by Gasteiger charge is -2.21. The first-order valence-electron chi connectivity index (χ1n) is 8.28. The molecule has 0 unspecified atom stereocenters. The molecular formula is C18H25N5O. The fourth-order valence-electron chi connectivity index (χ4n) is 2.35. The summed E-state index contributed by atoms with van der Waals surface area (Å²) in [6.45, 7) is 3.95. The summed E-state index contributed by atoms with van der Waals surface area (Å²) < 4.78 is 1.86. The van der Waals surface area contributed by atoms with Gasteiger partial charge in [-0.05, 0) is 12.0 Å². The van der Waals surface area contributed by atoms with Gasteiger partial charge in [-0.2, -0.15) is 0 Å². The molecule has 1 heterocycles. The van der Waals surface area contributed by atoms with E-state index < -0.39 is 0 Å². The Morgan fingerprint density at radius 2 is 2.12 bits per heavy atom. The number of benzene rings is 1. The number of amides is 2. The molecule has 0 atom stereocenters. The van der Waals surface area contributed by atoms with Crippen LogP contribution in [0.5, 0.6) is 0 Å². The van der Waals surface area contributed by atoms with E-state index in [1.54, 1.807) is 6.33 Å². The predicted molar refractivity (Wildman–Crippen MR) is 95.4 cm³/mol. The van der Waals surface area contributed by atoms with Crippen molar-refractivity contribution in [3.05, 3.63) is 54.1 Å². The van der Waals surface area contributed by atoms with Gasteiger partial charge in [0.25, 0.3) is 0 Å². The third-order valence-corrected chi connectivity index (χ3v) is 3.65. The average molecular weight is 327 g/mol. The van der Waals surface area contributed by atoms with E-state index in [2.05, 4.69) is 22.4 Å². The Balaban J connectivity index is 1.81. The minimum Gasteiger partial charge on any atom is -0.338 e. The first-order valence-corrected chi connectivity index (χ1v) is 8.28. The van der Waals surface area contributed by atoms with Crippen LogP contribution in [0.15, 0.2) is 42.7 Å². The molecule has 0 aliphatic carbocycles. The first-order chi connectivity index (χ1) is 11.7. The zero-order valence-corrected chi connectivity index (χ0v) is 14.4. The maximum absolute atomic E-state index is 12.3. The number of carbonyl (C=O) groups is 1. The minimum atomic E-state index is -0.0447. The molecule has 1 N–H and O–H groups in total. The Kier molecular flexibility index (Phi) is 7.01. The van der Waals surface area contributed by atoms with Gasteiger partial charge in [0.15, 0.2) is 0 Å². The fraction of sp³-hybridized carbons (Fsp3) is 0.389. The van der Waals surface area contributed by atoms with Gasteiger partial charge < -0.3 is 14.8 Å². The van der Waals surface area contributed by atoms with Crippen molar-refractivity contribution in [1.29, 1.82) is 0 Å². The maximum Gasteiger partial charge on any atom is 0.317 e. The van der Waals surface area contributed by atoms with Crippen molar-refractivity contribution in [3.8, 4) is 0 Å². The number of rotatable bonds is 8. The van der Waals surface area contributed by atoms with Crippen LogP contribution < -0.4 is 5.32 Å². The summed E-state index contributed by atoms with van der Waals surface area (Å²) in [7, 11) is 1.90. The third kappa shape index (κ3) is 5.53. The summed E-state index contributed by atoms with van der Waals surface area (Å²) in [5.41, 5.74) is 1.14. The van der Waals surface area contributed by atoms with Crippen LogP contribution in [-0.2, 0) is 13.5 Å². The number of carbonyl (C=O) groups excluding carboxylic acids is 1. The second kappa shape index (κ2) is 9.50. The van der Waals surface area contributed by atoms with Gasteiger partial charge in [0.05, 0.1) is 0 Å². The molecule has 1 aromatic carbocycles. The molecule has 0 bridgehead atoms. The number of aromatic nitrogens is 3. The largest absolute Gasteiger partial charge is 0.338 e. The van der Waals surface area contributed by atoms with Gasteiger partial charge in [-0.15, -0.1) is 10.2 Å². The molecule has 128 valence electrons. The van der Waals surface area contributed by atoms with Gasteiger partial charge in [-0.25, -0.2) is 4.79 Å². The highest BCUT2D eigenvalue weighted by atomic mass is 16.2. The molecule has 0 fully saturated rings. The van der Waals surface area contributed by atoms with Crippen molar-refractivity contribution in [2.24, 2.45) is 7.05 Å². The number of nitrogens with one attached hydrogen (secondary N) is 1. The second-order valence-corrected chi connectivity index (χ2v) is 5.60. The summed E-state index contributed by atoms with van der Waals surface area (Å²) in [6, 6.07) is 10.0. The van der Waals surface area contributed by atoms with E-state index in [1.807, 2.05) is 59.0 Å². The van der Waals surface area contributed by atoms with Crippen molar-refractivity contribution in [1.82, 2.24) is 25.0 Å². The van der Waals surface area contributed by atoms with E-state index in [9.17, 15) is 4.79 Å². The Labute approximate surface area is 143 Å². The molecular weight excluding hydrogens is 302 g/mol. The van der Waals surface area contributed by atoms with Crippen LogP contribution in [0.1, 0.15) is 24.7 Å². The highest BCUT2D eigenvalue weighted by molar-refractivity contribution is 5.74. The van der Waals surface area contributed by atoms with E-state index in [4.69, 9.17) is 0 Å². The molecule has 0 radical (unpaired) electrons. The van der Waals surface area contributed by atoms with Crippen molar-refractivity contribution in [3.63, 3.8) is 0 Å².